The molecule has 6 heteroatoms. The van der Waals surface area contributed by atoms with Gasteiger partial charge in [-0.1, -0.05) is 5.16 Å². The molecule has 0 aliphatic heterocycles. The van der Waals surface area contributed by atoms with Gasteiger partial charge in [0.15, 0.2) is 0 Å². The van der Waals surface area contributed by atoms with Gasteiger partial charge in [-0.2, -0.15) is 0 Å². The maximum atomic E-state index is 5.70. The molecular formula is C15H17N3O3. The van der Waals surface area contributed by atoms with Gasteiger partial charge in [-0.25, -0.2) is 4.98 Å². The molecule has 3 aromatic rings. The van der Waals surface area contributed by atoms with Crippen LogP contribution < -0.4 is 0 Å². The van der Waals surface area contributed by atoms with Crippen molar-refractivity contribution in [2.75, 3.05) is 7.05 Å². The summed E-state index contributed by atoms with van der Waals surface area (Å²) in [5.41, 5.74) is 2.65. The third-order valence-corrected chi connectivity index (χ3v) is 3.61. The lowest BCUT2D eigenvalue weighted by molar-refractivity contribution is 0.237. The third kappa shape index (κ3) is 2.75. The largest absolute Gasteiger partial charge is 0.472 e. The average molecular weight is 287 g/mol. The molecule has 3 rings (SSSR count). The molecule has 0 unspecified atom stereocenters. The van der Waals surface area contributed by atoms with E-state index >= 15 is 0 Å². The van der Waals surface area contributed by atoms with Crippen molar-refractivity contribution in [3.63, 3.8) is 0 Å². The van der Waals surface area contributed by atoms with Crippen molar-refractivity contribution in [1.82, 2.24) is 15.0 Å². The molecule has 0 aliphatic carbocycles. The van der Waals surface area contributed by atoms with E-state index in [2.05, 4.69) is 22.0 Å². The Hall–Kier alpha value is -2.34. The van der Waals surface area contributed by atoms with Crippen molar-refractivity contribution in [1.29, 1.82) is 0 Å². The van der Waals surface area contributed by atoms with Gasteiger partial charge in [-0.05, 0) is 27.0 Å². The fourth-order valence-corrected chi connectivity index (χ4v) is 2.12. The molecule has 3 heterocycles. The van der Waals surface area contributed by atoms with Crippen molar-refractivity contribution in [2.45, 2.75) is 26.4 Å². The Balaban J connectivity index is 1.76. The van der Waals surface area contributed by atoms with E-state index in [1.165, 1.54) is 0 Å². The maximum absolute atomic E-state index is 5.70. The van der Waals surface area contributed by atoms with Crippen LogP contribution in [0.1, 0.15) is 30.1 Å². The quantitative estimate of drug-likeness (QED) is 0.716. The van der Waals surface area contributed by atoms with Crippen LogP contribution in [0.15, 0.2) is 44.3 Å². The van der Waals surface area contributed by atoms with E-state index in [-0.39, 0.29) is 6.04 Å². The SMILES string of the molecule is Cc1oc(-c2ccoc2)nc1CN(C)[C@H](C)c1ccon1. The Morgan fingerprint density at radius 2 is 2.14 bits per heavy atom. The summed E-state index contributed by atoms with van der Waals surface area (Å²) in [5, 5.41) is 3.97. The van der Waals surface area contributed by atoms with Crippen LogP contribution in [0.25, 0.3) is 11.5 Å². The lowest BCUT2D eigenvalue weighted by Gasteiger charge is -2.21. The fourth-order valence-electron chi connectivity index (χ4n) is 2.12. The van der Waals surface area contributed by atoms with E-state index in [4.69, 9.17) is 13.4 Å². The standard InChI is InChI=1S/C15H17N3O3/c1-10(13-5-7-20-17-13)18(3)8-14-11(2)21-15(16-14)12-4-6-19-9-12/h4-7,9-10H,8H2,1-3H3/t10-/m1/s1. The molecule has 0 amide bonds. The second-order valence-corrected chi connectivity index (χ2v) is 5.05. The molecule has 0 aliphatic rings. The van der Waals surface area contributed by atoms with Crippen LogP contribution in [0.5, 0.6) is 0 Å². The smallest absolute Gasteiger partial charge is 0.229 e. The molecule has 3 aromatic heterocycles. The van der Waals surface area contributed by atoms with Crippen LogP contribution in [0, 0.1) is 6.92 Å². The van der Waals surface area contributed by atoms with Crippen molar-refractivity contribution in [3.8, 4) is 11.5 Å². The minimum atomic E-state index is 0.136. The van der Waals surface area contributed by atoms with Crippen LogP contribution in [0.3, 0.4) is 0 Å². The second-order valence-electron chi connectivity index (χ2n) is 5.05. The number of aryl methyl sites for hydroxylation is 1. The summed E-state index contributed by atoms with van der Waals surface area (Å²) < 4.78 is 15.6. The zero-order valence-electron chi connectivity index (χ0n) is 12.2. The van der Waals surface area contributed by atoms with Gasteiger partial charge in [-0.15, -0.1) is 0 Å². The zero-order valence-corrected chi connectivity index (χ0v) is 12.2. The van der Waals surface area contributed by atoms with Gasteiger partial charge in [0.2, 0.25) is 5.89 Å². The van der Waals surface area contributed by atoms with E-state index < -0.39 is 0 Å². The number of rotatable bonds is 5. The molecule has 0 bridgehead atoms. The number of aromatic nitrogens is 2. The van der Waals surface area contributed by atoms with Crippen LogP contribution in [0.4, 0.5) is 0 Å². The van der Waals surface area contributed by atoms with Crippen LogP contribution >= 0.6 is 0 Å². The minimum Gasteiger partial charge on any atom is -0.472 e. The van der Waals surface area contributed by atoms with E-state index in [1.54, 1.807) is 18.8 Å². The Kier molecular flexibility index (Phi) is 3.62. The molecule has 0 saturated heterocycles. The highest BCUT2D eigenvalue weighted by Gasteiger charge is 2.19. The first-order valence-corrected chi connectivity index (χ1v) is 6.74. The van der Waals surface area contributed by atoms with Gasteiger partial charge in [0.1, 0.15) is 24.0 Å². The highest BCUT2D eigenvalue weighted by Crippen LogP contribution is 2.25. The normalized spacial score (nSPS) is 13.0. The molecule has 1 atom stereocenters. The summed E-state index contributed by atoms with van der Waals surface area (Å²) in [7, 11) is 2.02. The van der Waals surface area contributed by atoms with Crippen LogP contribution in [-0.2, 0) is 6.54 Å². The maximum Gasteiger partial charge on any atom is 0.229 e. The molecule has 0 aromatic carbocycles. The Labute approximate surface area is 122 Å². The number of furan rings is 1. The van der Waals surface area contributed by atoms with Crippen molar-refractivity contribution in [3.05, 3.63) is 48.1 Å². The number of oxazole rings is 1. The average Bonchev–Trinajstić information content (AvgIpc) is 3.20. The van der Waals surface area contributed by atoms with Gasteiger partial charge >= 0.3 is 0 Å². The number of hydrogen-bond acceptors (Lipinski definition) is 6. The molecule has 21 heavy (non-hydrogen) atoms. The molecule has 0 radical (unpaired) electrons. The highest BCUT2D eigenvalue weighted by molar-refractivity contribution is 5.51. The Bertz CT molecular complexity index is 686. The third-order valence-electron chi connectivity index (χ3n) is 3.61. The first-order chi connectivity index (χ1) is 10.1. The van der Waals surface area contributed by atoms with Crippen LogP contribution in [0.2, 0.25) is 0 Å². The van der Waals surface area contributed by atoms with Gasteiger partial charge in [0, 0.05) is 12.6 Å². The predicted molar refractivity (Wildman–Crippen MR) is 75.3 cm³/mol. The summed E-state index contributed by atoms with van der Waals surface area (Å²) in [6.07, 6.45) is 4.81. The van der Waals surface area contributed by atoms with Gasteiger partial charge in [0.25, 0.3) is 0 Å². The van der Waals surface area contributed by atoms with Gasteiger partial charge < -0.3 is 13.4 Å². The van der Waals surface area contributed by atoms with Crippen molar-refractivity contribution >= 4 is 0 Å². The van der Waals surface area contributed by atoms with Gasteiger partial charge in [-0.3, -0.25) is 4.90 Å². The predicted octanol–water partition coefficient (Wildman–Crippen LogP) is 3.42. The molecule has 0 spiro atoms. The van der Waals surface area contributed by atoms with Crippen molar-refractivity contribution < 1.29 is 13.4 Å². The lowest BCUT2D eigenvalue weighted by atomic mass is 10.2. The zero-order chi connectivity index (χ0) is 14.8. The van der Waals surface area contributed by atoms with E-state index in [0.717, 1.165) is 22.7 Å². The first kappa shape index (κ1) is 13.6. The number of nitrogens with zero attached hydrogens (tertiary/aromatic N) is 3. The monoisotopic (exact) mass is 287 g/mol. The molecule has 0 fully saturated rings. The Morgan fingerprint density at radius 1 is 1.29 bits per heavy atom. The lowest BCUT2D eigenvalue weighted by Crippen LogP contribution is -2.22. The molecule has 6 nitrogen and oxygen atoms in total. The number of hydrogen-bond donors (Lipinski definition) is 0. The summed E-state index contributed by atoms with van der Waals surface area (Å²) in [4.78, 5) is 6.68. The molecule has 0 saturated carbocycles. The molecule has 0 N–H and O–H groups in total. The second kappa shape index (κ2) is 5.57. The highest BCUT2D eigenvalue weighted by atomic mass is 16.5. The van der Waals surface area contributed by atoms with E-state index in [9.17, 15) is 0 Å². The summed E-state index contributed by atoms with van der Waals surface area (Å²) >= 11 is 0. The van der Waals surface area contributed by atoms with E-state index in [0.29, 0.717) is 12.4 Å². The van der Waals surface area contributed by atoms with E-state index in [1.807, 2.05) is 26.1 Å². The fraction of sp³-hybridized carbons (Fsp3) is 0.333. The molecular weight excluding hydrogens is 270 g/mol. The minimum absolute atomic E-state index is 0.136. The van der Waals surface area contributed by atoms with Gasteiger partial charge in [0.05, 0.1) is 23.6 Å². The summed E-state index contributed by atoms with van der Waals surface area (Å²) in [6.45, 7) is 4.66. The van der Waals surface area contributed by atoms with Crippen LogP contribution in [-0.4, -0.2) is 22.1 Å². The Morgan fingerprint density at radius 3 is 2.81 bits per heavy atom. The molecule has 110 valence electrons. The first-order valence-electron chi connectivity index (χ1n) is 6.74. The van der Waals surface area contributed by atoms with Crippen molar-refractivity contribution in [2.24, 2.45) is 0 Å². The summed E-state index contributed by atoms with van der Waals surface area (Å²) in [5.74, 6) is 1.39. The summed E-state index contributed by atoms with van der Waals surface area (Å²) in [6, 6.07) is 3.84. The topological polar surface area (TPSA) is 68.4 Å².